The molecule has 3 saturated heterocycles. The number of fused-ring (bicyclic) bond motifs is 1. The quantitative estimate of drug-likeness (QED) is 0.872. The van der Waals surface area contributed by atoms with E-state index >= 15 is 0 Å². The largest absolute Gasteiger partial charge is 0.370 e. The maximum Gasteiger partial charge on any atom is 0.219 e. The van der Waals surface area contributed by atoms with Crippen molar-refractivity contribution in [2.24, 2.45) is 11.7 Å². The zero-order valence-electron chi connectivity index (χ0n) is 14.2. The van der Waals surface area contributed by atoms with E-state index in [-0.39, 0.29) is 17.5 Å². The topological polar surface area (TPSA) is 58.8 Å². The Balaban J connectivity index is 1.41. The van der Waals surface area contributed by atoms with Crippen molar-refractivity contribution in [3.05, 3.63) is 35.4 Å². The van der Waals surface area contributed by atoms with Gasteiger partial charge in [0, 0.05) is 50.1 Å². The molecule has 0 aromatic heterocycles. The molecular formula is C18H23F2N3O2. The lowest BCUT2D eigenvalue weighted by atomic mass is 9.92. The molecule has 5 atom stereocenters. The zero-order chi connectivity index (χ0) is 17.7. The van der Waals surface area contributed by atoms with Gasteiger partial charge in [-0.15, -0.1) is 0 Å². The van der Waals surface area contributed by atoms with Gasteiger partial charge in [0.2, 0.25) is 5.91 Å². The van der Waals surface area contributed by atoms with E-state index in [0.717, 1.165) is 31.8 Å². The summed E-state index contributed by atoms with van der Waals surface area (Å²) in [6.45, 7) is 4.65. The van der Waals surface area contributed by atoms with Crippen molar-refractivity contribution >= 4 is 5.91 Å². The second kappa shape index (κ2) is 6.30. The summed E-state index contributed by atoms with van der Waals surface area (Å²) >= 11 is 0. The number of halogens is 2. The lowest BCUT2D eigenvalue weighted by molar-refractivity contribution is -0.138. The van der Waals surface area contributed by atoms with Crippen LogP contribution in [0.5, 0.6) is 0 Å². The number of likely N-dealkylation sites (tertiary alicyclic amines) is 2. The number of carbonyl (C=O) groups excluding carboxylic acids is 1. The van der Waals surface area contributed by atoms with Crippen molar-refractivity contribution in [3.8, 4) is 0 Å². The summed E-state index contributed by atoms with van der Waals surface area (Å²) in [4.78, 5) is 15.8. The number of hydrogen-bond acceptors (Lipinski definition) is 4. The van der Waals surface area contributed by atoms with Crippen molar-refractivity contribution in [1.82, 2.24) is 9.80 Å². The molecule has 1 aromatic carbocycles. The molecule has 0 aliphatic carbocycles. The van der Waals surface area contributed by atoms with Gasteiger partial charge in [-0.1, -0.05) is 0 Å². The smallest absolute Gasteiger partial charge is 0.219 e. The van der Waals surface area contributed by atoms with Crippen LogP contribution in [0.25, 0.3) is 0 Å². The van der Waals surface area contributed by atoms with E-state index in [0.29, 0.717) is 25.0 Å². The first-order valence-corrected chi connectivity index (χ1v) is 8.77. The van der Waals surface area contributed by atoms with Crippen LogP contribution in [0.2, 0.25) is 0 Å². The summed E-state index contributed by atoms with van der Waals surface area (Å²) in [7, 11) is 0. The average molecular weight is 351 g/mol. The normalized spacial score (nSPS) is 35.4. The third-order valence-corrected chi connectivity index (χ3v) is 5.85. The number of hydrogen-bond donors (Lipinski definition) is 1. The minimum atomic E-state index is -0.625. The Morgan fingerprint density at radius 2 is 2.08 bits per heavy atom. The predicted molar refractivity (Wildman–Crippen MR) is 87.7 cm³/mol. The predicted octanol–water partition coefficient (Wildman–Crippen LogP) is 1.28. The molecule has 1 amide bonds. The van der Waals surface area contributed by atoms with Crippen LogP contribution >= 0.6 is 0 Å². The first-order valence-electron chi connectivity index (χ1n) is 8.77. The van der Waals surface area contributed by atoms with Gasteiger partial charge in [-0.3, -0.25) is 9.69 Å². The summed E-state index contributed by atoms with van der Waals surface area (Å²) in [6.07, 6.45) is 0.0418. The Hall–Kier alpha value is -1.57. The second-order valence-electron chi connectivity index (χ2n) is 7.43. The first kappa shape index (κ1) is 16.9. The fourth-order valence-electron chi connectivity index (χ4n) is 4.48. The monoisotopic (exact) mass is 351 g/mol. The highest BCUT2D eigenvalue weighted by atomic mass is 19.1. The third kappa shape index (κ3) is 2.94. The summed E-state index contributed by atoms with van der Waals surface area (Å²) in [6, 6.07) is 3.44. The molecule has 3 aliphatic rings. The van der Waals surface area contributed by atoms with Gasteiger partial charge in [-0.2, -0.15) is 0 Å². The Morgan fingerprint density at radius 1 is 1.28 bits per heavy atom. The third-order valence-electron chi connectivity index (χ3n) is 5.85. The molecule has 2 N–H and O–H groups in total. The summed E-state index contributed by atoms with van der Waals surface area (Å²) in [5.74, 6) is -0.328. The Bertz CT molecular complexity index is 686. The first-order chi connectivity index (χ1) is 11.9. The lowest BCUT2D eigenvalue weighted by Gasteiger charge is -2.43. The number of rotatable bonds is 2. The van der Waals surface area contributed by atoms with Crippen LogP contribution in [0, 0.1) is 17.6 Å². The molecule has 1 aromatic rings. The van der Waals surface area contributed by atoms with Gasteiger partial charge in [0.05, 0.1) is 12.6 Å². The minimum absolute atomic E-state index is 0.126. The maximum absolute atomic E-state index is 14.0. The molecular weight excluding hydrogens is 328 g/mol. The molecule has 0 saturated carbocycles. The van der Waals surface area contributed by atoms with E-state index in [1.165, 1.54) is 6.07 Å². The molecule has 3 fully saturated rings. The molecule has 3 heterocycles. The van der Waals surface area contributed by atoms with Crippen molar-refractivity contribution in [3.63, 3.8) is 0 Å². The maximum atomic E-state index is 14.0. The van der Waals surface area contributed by atoms with E-state index in [4.69, 9.17) is 10.5 Å². The lowest BCUT2D eigenvalue weighted by Crippen LogP contribution is -2.57. The molecule has 4 rings (SSSR count). The number of nitrogens with two attached hydrogens (primary N) is 1. The second-order valence-corrected chi connectivity index (χ2v) is 7.43. The van der Waals surface area contributed by atoms with Crippen LogP contribution in [-0.2, 0) is 9.53 Å². The molecule has 25 heavy (non-hydrogen) atoms. The van der Waals surface area contributed by atoms with Gasteiger partial charge in [-0.25, -0.2) is 8.78 Å². The van der Waals surface area contributed by atoms with E-state index in [1.807, 2.05) is 4.90 Å². The van der Waals surface area contributed by atoms with E-state index in [9.17, 15) is 13.6 Å². The number of carbonyl (C=O) groups is 1. The summed E-state index contributed by atoms with van der Waals surface area (Å²) < 4.78 is 33.3. The molecule has 5 nitrogen and oxygen atoms in total. The standard InChI is InChI=1S/C18H23F2N3O2/c1-10(24)23-7-11-6-22(8-17(11)23)13-5-16(21)18(25-9-13)14-4-12(19)2-3-15(14)20/h2-4,11,13,16-18H,5-9,21H2,1H3. The molecule has 7 heteroatoms. The van der Waals surface area contributed by atoms with Crippen LogP contribution in [0.15, 0.2) is 18.2 Å². The molecule has 0 bridgehead atoms. The highest BCUT2D eigenvalue weighted by Crippen LogP contribution is 2.37. The summed E-state index contributed by atoms with van der Waals surface area (Å²) in [5, 5.41) is 0. The van der Waals surface area contributed by atoms with Crippen molar-refractivity contribution in [2.45, 2.75) is 37.6 Å². The number of ether oxygens (including phenoxy) is 1. The van der Waals surface area contributed by atoms with E-state index < -0.39 is 23.8 Å². The number of nitrogens with zero attached hydrogens (tertiary/aromatic N) is 2. The fraction of sp³-hybridized carbons (Fsp3) is 0.611. The molecule has 136 valence electrons. The van der Waals surface area contributed by atoms with Crippen LogP contribution in [0.4, 0.5) is 8.78 Å². The van der Waals surface area contributed by atoms with Gasteiger partial charge in [-0.05, 0) is 24.6 Å². The van der Waals surface area contributed by atoms with E-state index in [2.05, 4.69) is 4.90 Å². The number of benzene rings is 1. The van der Waals surface area contributed by atoms with Crippen LogP contribution in [-0.4, -0.2) is 60.1 Å². The zero-order valence-corrected chi connectivity index (χ0v) is 14.2. The van der Waals surface area contributed by atoms with Gasteiger partial charge in [0.25, 0.3) is 0 Å². The highest BCUT2D eigenvalue weighted by Gasteiger charge is 2.49. The van der Waals surface area contributed by atoms with Gasteiger partial charge in [0.1, 0.15) is 17.7 Å². The van der Waals surface area contributed by atoms with E-state index in [1.54, 1.807) is 6.92 Å². The van der Waals surface area contributed by atoms with Gasteiger partial charge in [0.15, 0.2) is 0 Å². The van der Waals surface area contributed by atoms with Crippen molar-refractivity contribution < 1.29 is 18.3 Å². The van der Waals surface area contributed by atoms with Gasteiger partial charge >= 0.3 is 0 Å². The van der Waals surface area contributed by atoms with Crippen LogP contribution in [0.1, 0.15) is 25.0 Å². The minimum Gasteiger partial charge on any atom is -0.370 e. The average Bonchev–Trinajstić information content (AvgIpc) is 2.87. The Labute approximate surface area is 145 Å². The van der Waals surface area contributed by atoms with Crippen molar-refractivity contribution in [1.29, 1.82) is 0 Å². The van der Waals surface area contributed by atoms with Crippen LogP contribution in [0.3, 0.4) is 0 Å². The SMILES string of the molecule is CC(=O)N1CC2CN(C3COC(c4cc(F)ccc4F)C(N)C3)CC21. The highest BCUT2D eigenvalue weighted by molar-refractivity contribution is 5.74. The summed E-state index contributed by atoms with van der Waals surface area (Å²) in [5.41, 5.74) is 6.43. The van der Waals surface area contributed by atoms with Gasteiger partial charge < -0.3 is 15.4 Å². The molecule has 3 aliphatic heterocycles. The number of amides is 1. The van der Waals surface area contributed by atoms with Crippen molar-refractivity contribution in [2.75, 3.05) is 26.2 Å². The molecule has 0 radical (unpaired) electrons. The molecule has 5 unspecified atom stereocenters. The molecule has 0 spiro atoms. The fourth-order valence-corrected chi connectivity index (χ4v) is 4.48. The Morgan fingerprint density at radius 3 is 2.80 bits per heavy atom. The Kier molecular flexibility index (Phi) is 4.25. The van der Waals surface area contributed by atoms with Crippen LogP contribution < -0.4 is 5.73 Å².